The number of carbonyl (C=O) groups is 1. The molecule has 4 nitrogen and oxygen atoms in total. The number of piperidine rings is 1. The van der Waals surface area contributed by atoms with Crippen LogP contribution in [0.2, 0.25) is 0 Å². The highest BCUT2D eigenvalue weighted by Crippen LogP contribution is 2.32. The standard InChI is InChI=1S/C14H23N3O/c1-3-14(6-5-7-15-11-14)13(18)8-12-9-16-17(4-2)10-12/h9-10,15H,3-8,11H2,1-2H3. The van der Waals surface area contributed by atoms with Crippen LogP contribution in [0.5, 0.6) is 0 Å². The van der Waals surface area contributed by atoms with Gasteiger partial charge in [-0.3, -0.25) is 9.48 Å². The van der Waals surface area contributed by atoms with Gasteiger partial charge in [-0.05, 0) is 38.3 Å². The average Bonchev–Trinajstić information content (AvgIpc) is 2.87. The molecule has 2 heterocycles. The van der Waals surface area contributed by atoms with Crippen LogP contribution in [-0.2, 0) is 17.8 Å². The molecule has 0 aromatic carbocycles. The molecule has 0 aliphatic carbocycles. The van der Waals surface area contributed by atoms with Gasteiger partial charge in [0.05, 0.1) is 6.20 Å². The highest BCUT2D eigenvalue weighted by molar-refractivity contribution is 5.87. The van der Waals surface area contributed by atoms with Crippen LogP contribution in [-0.4, -0.2) is 28.7 Å². The first-order valence-corrected chi connectivity index (χ1v) is 6.95. The van der Waals surface area contributed by atoms with Crippen LogP contribution in [0.25, 0.3) is 0 Å². The van der Waals surface area contributed by atoms with Gasteiger partial charge in [0.15, 0.2) is 0 Å². The van der Waals surface area contributed by atoms with E-state index < -0.39 is 0 Å². The van der Waals surface area contributed by atoms with Crippen molar-refractivity contribution in [3.63, 3.8) is 0 Å². The van der Waals surface area contributed by atoms with E-state index in [0.29, 0.717) is 12.2 Å². The third-order valence-corrected chi connectivity index (χ3v) is 4.12. The van der Waals surface area contributed by atoms with Crippen molar-refractivity contribution in [2.24, 2.45) is 5.41 Å². The number of nitrogens with zero attached hydrogens (tertiary/aromatic N) is 2. The van der Waals surface area contributed by atoms with Crippen molar-refractivity contribution < 1.29 is 4.79 Å². The molecular formula is C14H23N3O. The number of hydrogen-bond acceptors (Lipinski definition) is 3. The summed E-state index contributed by atoms with van der Waals surface area (Å²) in [6.07, 6.45) is 7.39. The lowest BCUT2D eigenvalue weighted by Gasteiger charge is -2.35. The van der Waals surface area contributed by atoms with Gasteiger partial charge < -0.3 is 5.32 Å². The van der Waals surface area contributed by atoms with E-state index in [1.165, 1.54) is 0 Å². The highest BCUT2D eigenvalue weighted by atomic mass is 16.1. The minimum absolute atomic E-state index is 0.146. The number of aromatic nitrogens is 2. The van der Waals surface area contributed by atoms with Gasteiger partial charge in [0.25, 0.3) is 0 Å². The molecule has 1 aliphatic heterocycles. The third-order valence-electron chi connectivity index (χ3n) is 4.12. The van der Waals surface area contributed by atoms with E-state index in [9.17, 15) is 4.79 Å². The van der Waals surface area contributed by atoms with E-state index in [1.807, 2.05) is 17.1 Å². The maximum atomic E-state index is 12.5. The fourth-order valence-electron chi connectivity index (χ4n) is 2.75. The number of Topliss-reactive ketones (excluding diaryl/α,β-unsaturated/α-hetero) is 1. The van der Waals surface area contributed by atoms with Crippen molar-refractivity contribution in [3.05, 3.63) is 18.0 Å². The van der Waals surface area contributed by atoms with Gasteiger partial charge in [0, 0.05) is 31.1 Å². The van der Waals surface area contributed by atoms with Gasteiger partial charge in [0.2, 0.25) is 0 Å². The summed E-state index contributed by atoms with van der Waals surface area (Å²) < 4.78 is 1.88. The molecule has 1 fully saturated rings. The Hall–Kier alpha value is -1.16. The van der Waals surface area contributed by atoms with Gasteiger partial charge in [0.1, 0.15) is 5.78 Å². The van der Waals surface area contributed by atoms with Gasteiger partial charge in [-0.1, -0.05) is 6.92 Å². The lowest BCUT2D eigenvalue weighted by atomic mass is 9.73. The first-order chi connectivity index (χ1) is 8.70. The van der Waals surface area contributed by atoms with Gasteiger partial charge in [-0.2, -0.15) is 5.10 Å². The van der Waals surface area contributed by atoms with Crippen molar-refractivity contribution in [1.29, 1.82) is 0 Å². The zero-order chi connectivity index (χ0) is 13.0. The molecule has 4 heteroatoms. The van der Waals surface area contributed by atoms with E-state index >= 15 is 0 Å². The minimum Gasteiger partial charge on any atom is -0.316 e. The molecule has 0 bridgehead atoms. The first kappa shape index (κ1) is 13.3. The molecule has 1 atom stereocenters. The van der Waals surface area contributed by atoms with Crippen molar-refractivity contribution in [2.75, 3.05) is 13.1 Å². The molecule has 0 saturated carbocycles. The maximum absolute atomic E-state index is 12.5. The Kier molecular flexibility index (Phi) is 4.17. The molecule has 1 aromatic rings. The fourth-order valence-corrected chi connectivity index (χ4v) is 2.75. The Balaban J connectivity index is 2.05. The first-order valence-electron chi connectivity index (χ1n) is 6.95. The summed E-state index contributed by atoms with van der Waals surface area (Å²) in [6.45, 7) is 6.92. The molecular weight excluding hydrogens is 226 g/mol. The average molecular weight is 249 g/mol. The smallest absolute Gasteiger partial charge is 0.144 e. The van der Waals surface area contributed by atoms with Crippen molar-refractivity contribution in [2.45, 2.75) is 46.1 Å². The molecule has 0 amide bonds. The van der Waals surface area contributed by atoms with Crippen LogP contribution in [0.1, 0.15) is 38.7 Å². The summed E-state index contributed by atoms with van der Waals surface area (Å²) in [4.78, 5) is 12.5. The normalized spacial score (nSPS) is 24.1. The van der Waals surface area contributed by atoms with Crippen molar-refractivity contribution in [3.8, 4) is 0 Å². The van der Waals surface area contributed by atoms with Crippen LogP contribution in [0, 0.1) is 5.41 Å². The Morgan fingerprint density at radius 1 is 1.56 bits per heavy atom. The number of rotatable bonds is 5. The topological polar surface area (TPSA) is 46.9 Å². The largest absolute Gasteiger partial charge is 0.316 e. The number of nitrogens with one attached hydrogen (secondary N) is 1. The Morgan fingerprint density at radius 2 is 2.39 bits per heavy atom. The number of carbonyl (C=O) groups excluding carboxylic acids is 1. The van der Waals surface area contributed by atoms with Gasteiger partial charge >= 0.3 is 0 Å². The molecule has 1 unspecified atom stereocenters. The van der Waals surface area contributed by atoms with Crippen molar-refractivity contribution >= 4 is 5.78 Å². The molecule has 1 aromatic heterocycles. The van der Waals surface area contributed by atoms with Gasteiger partial charge in [-0.15, -0.1) is 0 Å². The molecule has 100 valence electrons. The highest BCUT2D eigenvalue weighted by Gasteiger charge is 2.37. The van der Waals surface area contributed by atoms with E-state index in [-0.39, 0.29) is 5.41 Å². The summed E-state index contributed by atoms with van der Waals surface area (Å²) in [6, 6.07) is 0. The Morgan fingerprint density at radius 3 is 2.94 bits per heavy atom. The van der Waals surface area contributed by atoms with Crippen molar-refractivity contribution in [1.82, 2.24) is 15.1 Å². The second-order valence-corrected chi connectivity index (χ2v) is 5.22. The summed E-state index contributed by atoms with van der Waals surface area (Å²) in [5, 5.41) is 7.60. The zero-order valence-electron chi connectivity index (χ0n) is 11.4. The number of hydrogen-bond donors (Lipinski definition) is 1. The predicted octanol–water partition coefficient (Wildman–Crippen LogP) is 1.79. The summed E-state index contributed by atoms with van der Waals surface area (Å²) in [5.41, 5.74) is 0.896. The molecule has 1 saturated heterocycles. The summed E-state index contributed by atoms with van der Waals surface area (Å²) in [5.74, 6) is 0.368. The van der Waals surface area contributed by atoms with Gasteiger partial charge in [-0.25, -0.2) is 0 Å². The SMILES string of the molecule is CCn1cc(CC(=O)C2(CC)CCCNC2)cn1. The minimum atomic E-state index is -0.146. The van der Waals surface area contributed by atoms with Crippen LogP contribution in [0.4, 0.5) is 0 Å². The lowest BCUT2D eigenvalue weighted by Crippen LogP contribution is -2.45. The molecule has 1 aliphatic rings. The third kappa shape index (κ3) is 2.64. The number of ketones is 1. The quantitative estimate of drug-likeness (QED) is 0.865. The van der Waals surface area contributed by atoms with Crippen LogP contribution >= 0.6 is 0 Å². The molecule has 2 rings (SSSR count). The molecule has 0 spiro atoms. The number of aryl methyl sites for hydroxylation is 1. The fraction of sp³-hybridized carbons (Fsp3) is 0.714. The lowest BCUT2D eigenvalue weighted by molar-refractivity contribution is -0.129. The predicted molar refractivity (Wildman–Crippen MR) is 71.4 cm³/mol. The second-order valence-electron chi connectivity index (χ2n) is 5.22. The van der Waals surface area contributed by atoms with Crippen LogP contribution < -0.4 is 5.32 Å². The van der Waals surface area contributed by atoms with E-state index in [4.69, 9.17) is 0 Å². The summed E-state index contributed by atoms with van der Waals surface area (Å²) in [7, 11) is 0. The van der Waals surface area contributed by atoms with Crippen LogP contribution in [0.15, 0.2) is 12.4 Å². The molecule has 18 heavy (non-hydrogen) atoms. The van der Waals surface area contributed by atoms with E-state index in [1.54, 1.807) is 0 Å². The second kappa shape index (κ2) is 5.65. The Labute approximate surface area is 109 Å². The van der Waals surface area contributed by atoms with E-state index in [2.05, 4.69) is 24.3 Å². The molecule has 0 radical (unpaired) electrons. The monoisotopic (exact) mass is 249 g/mol. The zero-order valence-corrected chi connectivity index (χ0v) is 11.4. The summed E-state index contributed by atoms with van der Waals surface area (Å²) >= 11 is 0. The molecule has 1 N–H and O–H groups in total. The Bertz CT molecular complexity index is 405. The van der Waals surface area contributed by atoms with E-state index in [0.717, 1.165) is 44.5 Å². The maximum Gasteiger partial charge on any atom is 0.144 e. The van der Waals surface area contributed by atoms with Crippen LogP contribution in [0.3, 0.4) is 0 Å².